The lowest BCUT2D eigenvalue weighted by Gasteiger charge is -2.29. The van der Waals surface area contributed by atoms with Crippen LogP contribution in [-0.4, -0.2) is 39.4 Å². The molecule has 1 aliphatic carbocycles. The minimum atomic E-state index is -3.77. The van der Waals surface area contributed by atoms with Crippen LogP contribution in [0.3, 0.4) is 0 Å². The summed E-state index contributed by atoms with van der Waals surface area (Å²) in [5.41, 5.74) is 2.85. The zero-order valence-electron chi connectivity index (χ0n) is 21.8. The quantitative estimate of drug-likeness (QED) is 0.230. The van der Waals surface area contributed by atoms with E-state index in [-0.39, 0.29) is 12.1 Å². The van der Waals surface area contributed by atoms with Gasteiger partial charge in [-0.1, -0.05) is 50.5 Å². The minimum absolute atomic E-state index is 0.145. The lowest BCUT2D eigenvalue weighted by atomic mass is 9.82. The van der Waals surface area contributed by atoms with Crippen molar-refractivity contribution in [2.45, 2.75) is 110 Å². The Morgan fingerprint density at radius 3 is 1.89 bits per heavy atom. The number of rotatable bonds is 14. The van der Waals surface area contributed by atoms with Gasteiger partial charge in [0.1, 0.15) is 0 Å². The highest BCUT2D eigenvalue weighted by Gasteiger charge is 2.51. The molecule has 0 unspecified atom stereocenters. The lowest BCUT2D eigenvalue weighted by molar-refractivity contribution is -0.147. The second-order valence-corrected chi connectivity index (χ2v) is 11.9. The molecule has 7 nitrogen and oxygen atoms in total. The van der Waals surface area contributed by atoms with Crippen molar-refractivity contribution in [3.05, 3.63) is 35.4 Å². The second-order valence-electron chi connectivity index (χ2n) is 9.46. The van der Waals surface area contributed by atoms with Crippen molar-refractivity contribution in [3.63, 3.8) is 0 Å². The topological polar surface area (TPSA) is 88.1 Å². The zero-order valence-corrected chi connectivity index (χ0v) is 22.8. The molecular weight excluding hydrogens is 464 g/mol. The van der Waals surface area contributed by atoms with Gasteiger partial charge in [0.05, 0.1) is 12.1 Å². The van der Waals surface area contributed by atoms with E-state index in [9.17, 15) is 14.4 Å². The van der Waals surface area contributed by atoms with Crippen molar-refractivity contribution in [2.75, 3.05) is 6.61 Å². The van der Waals surface area contributed by atoms with Crippen LogP contribution in [0.1, 0.15) is 103 Å². The molecule has 0 atom stereocenters. The van der Waals surface area contributed by atoms with E-state index in [1.807, 2.05) is 0 Å². The molecule has 0 amide bonds. The fourth-order valence-electron chi connectivity index (χ4n) is 4.69. The van der Waals surface area contributed by atoms with Gasteiger partial charge in [0.15, 0.2) is 0 Å². The van der Waals surface area contributed by atoms with Crippen molar-refractivity contribution >= 4 is 26.7 Å². The summed E-state index contributed by atoms with van der Waals surface area (Å²) in [7, 11) is -3.77. The van der Waals surface area contributed by atoms with Gasteiger partial charge in [0.25, 0.3) is 17.9 Å². The number of unbranched alkanes of at least 4 members (excludes halogenated alkanes) is 3. The van der Waals surface area contributed by atoms with Crippen molar-refractivity contribution in [2.24, 2.45) is 0 Å². The van der Waals surface area contributed by atoms with Gasteiger partial charge in [-0.15, -0.1) is 0 Å². The van der Waals surface area contributed by atoms with E-state index in [1.54, 1.807) is 0 Å². The van der Waals surface area contributed by atoms with Crippen LogP contribution in [0, 0.1) is 0 Å². The maximum absolute atomic E-state index is 11.5. The first-order chi connectivity index (χ1) is 16.7. The third kappa shape index (κ3) is 10.9. The Kier molecular flexibility index (Phi) is 12.5. The van der Waals surface area contributed by atoms with Crippen LogP contribution in [0.25, 0.3) is 0 Å². The molecule has 0 N–H and O–H groups in total. The first kappa shape index (κ1) is 29.0. The van der Waals surface area contributed by atoms with E-state index in [0.717, 1.165) is 32.1 Å². The fourth-order valence-corrected chi connectivity index (χ4v) is 7.01. The minimum Gasteiger partial charge on any atom is -0.455 e. The first-order valence-corrected chi connectivity index (χ1v) is 15.0. The molecule has 8 heteroatoms. The van der Waals surface area contributed by atoms with Gasteiger partial charge >= 0.3 is 8.80 Å². The number of hydrogen-bond acceptors (Lipinski definition) is 7. The van der Waals surface area contributed by atoms with E-state index in [1.165, 1.54) is 57.6 Å². The smallest absolute Gasteiger partial charge is 0.455 e. The highest BCUT2D eigenvalue weighted by Crippen LogP contribution is 2.34. The Hall–Kier alpha value is -2.19. The van der Waals surface area contributed by atoms with Gasteiger partial charge in [0, 0.05) is 27.4 Å². The van der Waals surface area contributed by atoms with Gasteiger partial charge < -0.3 is 18.0 Å². The monoisotopic (exact) mass is 506 g/mol. The highest BCUT2D eigenvalue weighted by molar-refractivity contribution is 6.65. The van der Waals surface area contributed by atoms with E-state index in [2.05, 4.69) is 31.2 Å². The number of benzene rings is 1. The molecule has 1 fully saturated rings. The highest BCUT2D eigenvalue weighted by atomic mass is 28.4. The van der Waals surface area contributed by atoms with Crippen LogP contribution in [0.15, 0.2) is 24.3 Å². The summed E-state index contributed by atoms with van der Waals surface area (Å²) in [5, 5.41) is 0. The number of carbonyl (C=O) groups is 3. The molecular formula is C27H42O7Si. The van der Waals surface area contributed by atoms with Crippen LogP contribution < -0.4 is 0 Å². The molecule has 2 rings (SSSR count). The number of hydrogen-bond donors (Lipinski definition) is 0. The number of carbonyl (C=O) groups excluding carboxylic acids is 3. The van der Waals surface area contributed by atoms with E-state index in [0.29, 0.717) is 18.9 Å². The summed E-state index contributed by atoms with van der Waals surface area (Å²) in [4.78, 5) is 34.6. The zero-order chi connectivity index (χ0) is 25.7. The molecule has 1 aromatic carbocycles. The van der Waals surface area contributed by atoms with Crippen molar-refractivity contribution < 1.29 is 32.4 Å². The largest absolute Gasteiger partial charge is 0.705 e. The third-order valence-electron chi connectivity index (χ3n) is 6.32. The standard InChI is InChI=1S/C27H42O7Si/c1-5-6-7-8-10-24-11-13-25(14-12-24)26-15-17-27(18-16-26)31-19-9-20-35(32-21(2)28,33-22(3)29)34-23(4)30/h11-14,26-27H,5-10,15-20H2,1-4H3/t26-,27-. The Morgan fingerprint density at radius 1 is 0.800 bits per heavy atom. The number of ether oxygens (including phenoxy) is 1. The van der Waals surface area contributed by atoms with Gasteiger partial charge in [-0.25, -0.2) is 0 Å². The van der Waals surface area contributed by atoms with Crippen LogP contribution in [0.4, 0.5) is 0 Å². The molecule has 0 radical (unpaired) electrons. The molecule has 196 valence electrons. The van der Waals surface area contributed by atoms with Crippen molar-refractivity contribution in [3.8, 4) is 0 Å². The second kappa shape index (κ2) is 15.0. The Bertz CT molecular complexity index is 759. The van der Waals surface area contributed by atoms with Gasteiger partial charge in [0.2, 0.25) is 0 Å². The normalized spacial score (nSPS) is 18.1. The van der Waals surface area contributed by atoms with E-state index >= 15 is 0 Å². The van der Waals surface area contributed by atoms with Crippen LogP contribution >= 0.6 is 0 Å². The molecule has 0 saturated heterocycles. The molecule has 0 aliphatic heterocycles. The Balaban J connectivity index is 1.76. The van der Waals surface area contributed by atoms with Gasteiger partial charge in [-0.05, 0) is 62.0 Å². The molecule has 0 bridgehead atoms. The molecule has 0 heterocycles. The van der Waals surface area contributed by atoms with Crippen LogP contribution in [0.2, 0.25) is 6.04 Å². The lowest BCUT2D eigenvalue weighted by Crippen LogP contribution is -2.49. The summed E-state index contributed by atoms with van der Waals surface area (Å²) in [6.45, 7) is 6.25. The SMILES string of the molecule is CCCCCCc1ccc([C@H]2CC[C@H](OCCC[Si](OC(C)=O)(OC(C)=O)OC(C)=O)CC2)cc1. The molecule has 1 aliphatic rings. The summed E-state index contributed by atoms with van der Waals surface area (Å²) in [6.07, 6.45) is 11.1. The van der Waals surface area contributed by atoms with Crippen molar-refractivity contribution in [1.29, 1.82) is 0 Å². The van der Waals surface area contributed by atoms with Gasteiger partial charge in [-0.3, -0.25) is 14.4 Å². The van der Waals surface area contributed by atoms with Crippen LogP contribution in [-0.2, 0) is 38.8 Å². The van der Waals surface area contributed by atoms with Crippen molar-refractivity contribution in [1.82, 2.24) is 0 Å². The van der Waals surface area contributed by atoms with Gasteiger partial charge in [-0.2, -0.15) is 0 Å². The maximum atomic E-state index is 11.5. The maximum Gasteiger partial charge on any atom is 0.705 e. The van der Waals surface area contributed by atoms with Crippen LogP contribution in [0.5, 0.6) is 0 Å². The molecule has 0 spiro atoms. The molecule has 35 heavy (non-hydrogen) atoms. The molecule has 1 aromatic rings. The number of aryl methyl sites for hydroxylation is 1. The Labute approximate surface area is 211 Å². The predicted octanol–water partition coefficient (Wildman–Crippen LogP) is 5.87. The summed E-state index contributed by atoms with van der Waals surface area (Å²) >= 11 is 0. The summed E-state index contributed by atoms with van der Waals surface area (Å²) in [6, 6.07) is 9.31. The first-order valence-electron chi connectivity index (χ1n) is 13.0. The predicted molar refractivity (Wildman–Crippen MR) is 136 cm³/mol. The Morgan fingerprint density at radius 2 is 1.37 bits per heavy atom. The van der Waals surface area contributed by atoms with E-state index < -0.39 is 26.7 Å². The van der Waals surface area contributed by atoms with E-state index in [4.69, 9.17) is 18.0 Å². The average molecular weight is 507 g/mol. The fraction of sp³-hybridized carbons (Fsp3) is 0.667. The third-order valence-corrected chi connectivity index (χ3v) is 9.08. The molecule has 0 aromatic heterocycles. The average Bonchev–Trinajstić information content (AvgIpc) is 2.79. The summed E-state index contributed by atoms with van der Waals surface area (Å²) in [5.74, 6) is -1.38. The molecule has 1 saturated carbocycles. The summed E-state index contributed by atoms with van der Waals surface area (Å²) < 4.78 is 21.7.